The minimum absolute atomic E-state index is 0.335. The summed E-state index contributed by atoms with van der Waals surface area (Å²) in [6, 6.07) is 9.80. The van der Waals surface area contributed by atoms with Crippen LogP contribution in [-0.2, 0) is 0 Å². The Hall–Kier alpha value is -2.21. The van der Waals surface area contributed by atoms with Gasteiger partial charge in [-0.3, -0.25) is 0 Å². The summed E-state index contributed by atoms with van der Waals surface area (Å²) in [7, 11) is 0. The minimum atomic E-state index is -0.339. The lowest BCUT2D eigenvalue weighted by Gasteiger charge is -2.00. The average molecular weight is 348 g/mol. The van der Waals surface area contributed by atoms with Crippen LogP contribution in [0, 0.1) is 12.7 Å². The van der Waals surface area contributed by atoms with Gasteiger partial charge >= 0.3 is 0 Å². The SMILES string of the molecule is Cc1ccc(F)cc1-c1noc(-c2cc(N)cc(Br)c2)n1. The Morgan fingerprint density at radius 2 is 2.00 bits per heavy atom. The van der Waals surface area contributed by atoms with E-state index < -0.39 is 0 Å². The Kier molecular flexibility index (Phi) is 3.47. The van der Waals surface area contributed by atoms with Gasteiger partial charge in [-0.2, -0.15) is 4.98 Å². The third-order valence-corrected chi connectivity index (χ3v) is 3.49. The maximum absolute atomic E-state index is 13.4. The molecule has 2 N–H and O–H groups in total. The summed E-state index contributed by atoms with van der Waals surface area (Å²) in [6.45, 7) is 1.86. The number of halogens is 2. The molecule has 0 fully saturated rings. The Morgan fingerprint density at radius 3 is 2.76 bits per heavy atom. The van der Waals surface area contributed by atoms with Crippen LogP contribution in [0.15, 0.2) is 45.4 Å². The van der Waals surface area contributed by atoms with Crippen LogP contribution in [0.4, 0.5) is 10.1 Å². The second-order valence-electron chi connectivity index (χ2n) is 4.66. The van der Waals surface area contributed by atoms with Gasteiger partial charge in [-0.05, 0) is 42.8 Å². The number of nitrogens with two attached hydrogens (primary N) is 1. The summed E-state index contributed by atoms with van der Waals surface area (Å²) in [5.74, 6) is 0.343. The van der Waals surface area contributed by atoms with Gasteiger partial charge in [0, 0.05) is 21.3 Å². The summed E-state index contributed by atoms with van der Waals surface area (Å²) in [5.41, 5.74) is 8.55. The first-order chi connectivity index (χ1) is 10.0. The molecule has 3 rings (SSSR count). The zero-order chi connectivity index (χ0) is 15.0. The van der Waals surface area contributed by atoms with Gasteiger partial charge in [0.05, 0.1) is 0 Å². The highest BCUT2D eigenvalue weighted by Crippen LogP contribution is 2.28. The van der Waals surface area contributed by atoms with Crippen molar-refractivity contribution in [2.45, 2.75) is 6.92 Å². The predicted molar refractivity (Wildman–Crippen MR) is 82.0 cm³/mol. The Bertz CT molecular complexity index is 796. The molecule has 0 unspecified atom stereocenters. The van der Waals surface area contributed by atoms with E-state index in [0.717, 1.165) is 10.0 Å². The van der Waals surface area contributed by atoms with Crippen LogP contribution in [0.3, 0.4) is 0 Å². The quantitative estimate of drug-likeness (QED) is 0.705. The molecule has 6 heteroatoms. The monoisotopic (exact) mass is 347 g/mol. The molecule has 0 aliphatic carbocycles. The number of anilines is 1. The lowest BCUT2D eigenvalue weighted by Crippen LogP contribution is -1.88. The van der Waals surface area contributed by atoms with E-state index in [4.69, 9.17) is 10.3 Å². The first kappa shape index (κ1) is 13.8. The van der Waals surface area contributed by atoms with E-state index in [1.54, 1.807) is 18.2 Å². The van der Waals surface area contributed by atoms with Crippen molar-refractivity contribution in [2.24, 2.45) is 0 Å². The molecule has 0 aliphatic rings. The molecule has 0 saturated heterocycles. The number of nitrogen functional groups attached to an aromatic ring is 1. The van der Waals surface area contributed by atoms with E-state index in [9.17, 15) is 4.39 Å². The van der Waals surface area contributed by atoms with Gasteiger partial charge in [-0.25, -0.2) is 4.39 Å². The Balaban J connectivity index is 2.05. The molecule has 0 radical (unpaired) electrons. The van der Waals surface area contributed by atoms with Crippen LogP contribution in [0.2, 0.25) is 0 Å². The minimum Gasteiger partial charge on any atom is -0.399 e. The second-order valence-corrected chi connectivity index (χ2v) is 5.57. The molecule has 0 spiro atoms. The molecule has 4 nitrogen and oxygen atoms in total. The molecule has 106 valence electrons. The van der Waals surface area contributed by atoms with Crippen LogP contribution < -0.4 is 5.73 Å². The summed E-state index contributed by atoms with van der Waals surface area (Å²) >= 11 is 3.36. The Morgan fingerprint density at radius 1 is 1.19 bits per heavy atom. The second kappa shape index (κ2) is 5.29. The molecule has 0 amide bonds. The van der Waals surface area contributed by atoms with Gasteiger partial charge in [0.25, 0.3) is 5.89 Å². The fourth-order valence-corrected chi connectivity index (χ4v) is 2.53. The maximum Gasteiger partial charge on any atom is 0.258 e. The van der Waals surface area contributed by atoms with Crippen molar-refractivity contribution >= 4 is 21.6 Å². The van der Waals surface area contributed by atoms with E-state index in [0.29, 0.717) is 28.5 Å². The van der Waals surface area contributed by atoms with Crippen LogP contribution in [0.5, 0.6) is 0 Å². The van der Waals surface area contributed by atoms with Crippen LogP contribution in [-0.4, -0.2) is 10.1 Å². The van der Waals surface area contributed by atoms with Gasteiger partial charge in [-0.15, -0.1) is 0 Å². The summed E-state index contributed by atoms with van der Waals surface area (Å²) < 4.78 is 19.4. The first-order valence-electron chi connectivity index (χ1n) is 6.19. The summed E-state index contributed by atoms with van der Waals surface area (Å²) in [6.07, 6.45) is 0. The normalized spacial score (nSPS) is 10.8. The molecule has 1 aromatic heterocycles. The van der Waals surface area contributed by atoms with Crippen molar-refractivity contribution < 1.29 is 8.91 Å². The fraction of sp³-hybridized carbons (Fsp3) is 0.0667. The molecule has 21 heavy (non-hydrogen) atoms. The van der Waals surface area contributed by atoms with Crippen molar-refractivity contribution in [1.82, 2.24) is 10.1 Å². The third-order valence-electron chi connectivity index (χ3n) is 3.03. The van der Waals surface area contributed by atoms with Crippen molar-refractivity contribution in [3.63, 3.8) is 0 Å². The van der Waals surface area contributed by atoms with Gasteiger partial charge in [0.15, 0.2) is 0 Å². The van der Waals surface area contributed by atoms with Gasteiger partial charge < -0.3 is 10.3 Å². The Labute approximate surface area is 128 Å². The molecular weight excluding hydrogens is 337 g/mol. The summed E-state index contributed by atoms with van der Waals surface area (Å²) in [4.78, 5) is 4.31. The average Bonchev–Trinajstić information content (AvgIpc) is 2.90. The van der Waals surface area contributed by atoms with Crippen molar-refractivity contribution in [1.29, 1.82) is 0 Å². The topological polar surface area (TPSA) is 64.9 Å². The number of rotatable bonds is 2. The molecule has 1 heterocycles. The van der Waals surface area contributed by atoms with E-state index in [1.807, 2.05) is 13.0 Å². The molecular formula is C15H11BrFN3O. The van der Waals surface area contributed by atoms with E-state index in [2.05, 4.69) is 26.1 Å². The smallest absolute Gasteiger partial charge is 0.258 e. The number of hydrogen-bond donors (Lipinski definition) is 1. The number of aryl methyl sites for hydroxylation is 1. The lowest BCUT2D eigenvalue weighted by atomic mass is 10.1. The molecule has 0 atom stereocenters. The highest BCUT2D eigenvalue weighted by Gasteiger charge is 2.14. The number of benzene rings is 2. The van der Waals surface area contributed by atoms with Crippen LogP contribution in [0.1, 0.15) is 5.56 Å². The van der Waals surface area contributed by atoms with E-state index >= 15 is 0 Å². The number of nitrogens with zero attached hydrogens (tertiary/aromatic N) is 2. The van der Waals surface area contributed by atoms with E-state index in [1.165, 1.54) is 12.1 Å². The largest absolute Gasteiger partial charge is 0.399 e. The summed E-state index contributed by atoms with van der Waals surface area (Å²) in [5, 5.41) is 3.92. The van der Waals surface area contributed by atoms with Crippen molar-refractivity contribution in [3.8, 4) is 22.8 Å². The molecule has 0 saturated carbocycles. The van der Waals surface area contributed by atoms with Crippen LogP contribution in [0.25, 0.3) is 22.8 Å². The first-order valence-corrected chi connectivity index (χ1v) is 6.99. The number of hydrogen-bond acceptors (Lipinski definition) is 4. The highest BCUT2D eigenvalue weighted by atomic mass is 79.9. The van der Waals surface area contributed by atoms with E-state index in [-0.39, 0.29) is 5.82 Å². The van der Waals surface area contributed by atoms with Crippen molar-refractivity contribution in [2.75, 3.05) is 5.73 Å². The third kappa shape index (κ3) is 2.80. The zero-order valence-corrected chi connectivity index (χ0v) is 12.7. The molecule has 2 aromatic carbocycles. The molecule has 3 aromatic rings. The van der Waals surface area contributed by atoms with Crippen molar-refractivity contribution in [3.05, 3.63) is 52.3 Å². The maximum atomic E-state index is 13.4. The standard InChI is InChI=1S/C15H11BrFN3O/c1-8-2-3-11(17)7-13(8)14-19-15(21-20-14)9-4-10(16)6-12(18)5-9/h2-7H,18H2,1H3. The fourth-order valence-electron chi connectivity index (χ4n) is 2.02. The number of aromatic nitrogens is 2. The van der Waals surface area contributed by atoms with Gasteiger partial charge in [0.1, 0.15) is 5.82 Å². The zero-order valence-electron chi connectivity index (χ0n) is 11.1. The van der Waals surface area contributed by atoms with Gasteiger partial charge in [-0.1, -0.05) is 27.2 Å². The van der Waals surface area contributed by atoms with Crippen LogP contribution >= 0.6 is 15.9 Å². The molecule has 0 aliphatic heterocycles. The predicted octanol–water partition coefficient (Wildman–Crippen LogP) is 4.20. The van der Waals surface area contributed by atoms with Gasteiger partial charge in [0.2, 0.25) is 5.82 Å². The lowest BCUT2D eigenvalue weighted by molar-refractivity contribution is 0.432. The molecule has 0 bridgehead atoms. The highest BCUT2D eigenvalue weighted by molar-refractivity contribution is 9.10.